The number of unbranched alkanes of at least 4 members (excludes halogenated alkanes) is 32. The van der Waals surface area contributed by atoms with Gasteiger partial charge in [0.15, 0.2) is 6.10 Å². The lowest BCUT2D eigenvalue weighted by molar-refractivity contribution is -0.167. The summed E-state index contributed by atoms with van der Waals surface area (Å²) in [6.07, 6.45) is 49.5. The Morgan fingerprint density at radius 1 is 0.339 bits per heavy atom. The molecule has 56 heavy (non-hydrogen) atoms. The molecule has 0 aromatic heterocycles. The average Bonchev–Trinajstić information content (AvgIpc) is 3.19. The van der Waals surface area contributed by atoms with Crippen molar-refractivity contribution in [2.75, 3.05) is 13.2 Å². The zero-order valence-electron chi connectivity index (χ0n) is 37.7. The van der Waals surface area contributed by atoms with E-state index < -0.39 is 6.10 Å². The minimum atomic E-state index is -0.760. The van der Waals surface area contributed by atoms with Crippen LogP contribution in [-0.2, 0) is 28.6 Å². The van der Waals surface area contributed by atoms with Gasteiger partial charge in [-0.2, -0.15) is 0 Å². The molecule has 1 atom stereocenters. The van der Waals surface area contributed by atoms with Crippen molar-refractivity contribution < 1.29 is 28.6 Å². The summed E-state index contributed by atoms with van der Waals surface area (Å²) in [5.74, 6) is -0.869. The van der Waals surface area contributed by atoms with Gasteiger partial charge in [-0.3, -0.25) is 14.4 Å². The van der Waals surface area contributed by atoms with E-state index in [4.69, 9.17) is 14.2 Å². The third-order valence-electron chi connectivity index (χ3n) is 11.0. The van der Waals surface area contributed by atoms with E-state index in [2.05, 4.69) is 32.9 Å². The third-order valence-corrected chi connectivity index (χ3v) is 11.0. The van der Waals surface area contributed by atoms with E-state index in [0.717, 1.165) is 57.8 Å². The molecular weight excluding hydrogens is 697 g/mol. The molecule has 0 amide bonds. The van der Waals surface area contributed by atoms with Crippen LogP contribution in [0.5, 0.6) is 0 Å². The van der Waals surface area contributed by atoms with Crippen LogP contribution in [0.3, 0.4) is 0 Å². The first kappa shape index (κ1) is 54.2. The molecule has 6 heteroatoms. The van der Waals surface area contributed by atoms with Crippen LogP contribution in [0.1, 0.15) is 271 Å². The quantitative estimate of drug-likeness (QED) is 0.0264. The van der Waals surface area contributed by atoms with Gasteiger partial charge < -0.3 is 14.2 Å². The van der Waals surface area contributed by atoms with Crippen molar-refractivity contribution in [1.82, 2.24) is 0 Å². The zero-order chi connectivity index (χ0) is 40.8. The minimum absolute atomic E-state index is 0.0667. The van der Waals surface area contributed by atoms with E-state index in [9.17, 15) is 14.4 Å². The second-order valence-electron chi connectivity index (χ2n) is 16.7. The maximum Gasteiger partial charge on any atom is 0.306 e. The predicted molar refractivity (Wildman–Crippen MR) is 238 cm³/mol. The van der Waals surface area contributed by atoms with E-state index in [-0.39, 0.29) is 31.1 Å². The van der Waals surface area contributed by atoms with Crippen molar-refractivity contribution in [2.24, 2.45) is 0 Å². The van der Waals surface area contributed by atoms with E-state index in [1.165, 1.54) is 173 Å². The van der Waals surface area contributed by atoms with Gasteiger partial charge in [-0.15, -0.1) is 0 Å². The van der Waals surface area contributed by atoms with Gasteiger partial charge in [-0.25, -0.2) is 0 Å². The Kier molecular flexibility index (Phi) is 44.3. The minimum Gasteiger partial charge on any atom is -0.462 e. The number of esters is 3. The molecule has 0 bridgehead atoms. The first-order valence-electron chi connectivity index (χ1n) is 24.7. The molecule has 0 rings (SSSR count). The summed E-state index contributed by atoms with van der Waals surface area (Å²) < 4.78 is 16.6. The largest absolute Gasteiger partial charge is 0.462 e. The van der Waals surface area contributed by atoms with Gasteiger partial charge >= 0.3 is 17.9 Å². The van der Waals surface area contributed by atoms with Crippen molar-refractivity contribution in [2.45, 2.75) is 277 Å². The van der Waals surface area contributed by atoms with Crippen molar-refractivity contribution in [3.05, 3.63) is 12.2 Å². The van der Waals surface area contributed by atoms with Crippen LogP contribution in [0, 0.1) is 0 Å². The molecule has 0 fully saturated rings. The molecule has 0 aromatic carbocycles. The fraction of sp³-hybridized carbons (Fsp3) is 0.900. The Morgan fingerprint density at radius 2 is 0.589 bits per heavy atom. The lowest BCUT2D eigenvalue weighted by atomic mass is 10.0. The van der Waals surface area contributed by atoms with Gasteiger partial charge in [0, 0.05) is 19.3 Å². The summed E-state index contributed by atoms with van der Waals surface area (Å²) in [5, 5.41) is 0. The van der Waals surface area contributed by atoms with Gasteiger partial charge in [0.25, 0.3) is 0 Å². The molecule has 0 spiro atoms. The molecule has 0 saturated heterocycles. The Balaban J connectivity index is 4.04. The van der Waals surface area contributed by atoms with E-state index in [0.29, 0.717) is 19.3 Å². The van der Waals surface area contributed by atoms with Crippen LogP contribution >= 0.6 is 0 Å². The van der Waals surface area contributed by atoms with Gasteiger partial charge in [0.1, 0.15) is 13.2 Å². The zero-order valence-corrected chi connectivity index (χ0v) is 37.7. The number of carbonyl (C=O) groups is 3. The first-order chi connectivity index (χ1) is 27.5. The van der Waals surface area contributed by atoms with Gasteiger partial charge in [0.05, 0.1) is 0 Å². The Labute approximate surface area is 348 Å². The summed E-state index contributed by atoms with van der Waals surface area (Å²) >= 11 is 0. The topological polar surface area (TPSA) is 78.9 Å². The third kappa shape index (κ3) is 43.3. The van der Waals surface area contributed by atoms with Crippen molar-refractivity contribution >= 4 is 17.9 Å². The van der Waals surface area contributed by atoms with Gasteiger partial charge in [0.2, 0.25) is 0 Å². The highest BCUT2D eigenvalue weighted by atomic mass is 16.6. The molecule has 0 aliphatic rings. The maximum atomic E-state index is 12.6. The molecule has 1 unspecified atom stereocenters. The predicted octanol–water partition coefficient (Wildman–Crippen LogP) is 15.8. The molecule has 0 N–H and O–H groups in total. The fourth-order valence-electron chi connectivity index (χ4n) is 7.26. The summed E-state index contributed by atoms with van der Waals surface area (Å²) in [7, 11) is 0. The van der Waals surface area contributed by atoms with E-state index in [1.54, 1.807) is 0 Å². The van der Waals surface area contributed by atoms with Crippen LogP contribution in [0.2, 0.25) is 0 Å². The summed E-state index contributed by atoms with van der Waals surface area (Å²) in [6.45, 7) is 6.58. The highest BCUT2D eigenvalue weighted by Crippen LogP contribution is 2.15. The molecule has 0 aliphatic heterocycles. The number of hydrogen-bond donors (Lipinski definition) is 0. The van der Waals surface area contributed by atoms with Crippen LogP contribution in [0.25, 0.3) is 0 Å². The molecule has 6 nitrogen and oxygen atoms in total. The van der Waals surface area contributed by atoms with Crippen molar-refractivity contribution in [3.8, 4) is 0 Å². The van der Waals surface area contributed by atoms with Crippen molar-refractivity contribution in [3.63, 3.8) is 0 Å². The second-order valence-corrected chi connectivity index (χ2v) is 16.7. The molecular formula is C50H94O6. The van der Waals surface area contributed by atoms with Crippen molar-refractivity contribution in [1.29, 1.82) is 0 Å². The van der Waals surface area contributed by atoms with Crippen LogP contribution in [0.4, 0.5) is 0 Å². The average molecular weight is 791 g/mol. The Morgan fingerprint density at radius 3 is 0.893 bits per heavy atom. The van der Waals surface area contributed by atoms with Gasteiger partial charge in [-0.1, -0.05) is 219 Å². The second kappa shape index (κ2) is 45.8. The normalized spacial score (nSPS) is 12.0. The lowest BCUT2D eigenvalue weighted by Crippen LogP contribution is -2.30. The van der Waals surface area contributed by atoms with Crippen LogP contribution in [0.15, 0.2) is 12.2 Å². The number of hydrogen-bond acceptors (Lipinski definition) is 6. The van der Waals surface area contributed by atoms with E-state index in [1.807, 2.05) is 0 Å². The summed E-state index contributed by atoms with van der Waals surface area (Å²) in [4.78, 5) is 37.5. The molecule has 330 valence electrons. The van der Waals surface area contributed by atoms with Crippen LogP contribution in [-0.4, -0.2) is 37.2 Å². The molecule has 0 radical (unpaired) electrons. The summed E-state index contributed by atoms with van der Waals surface area (Å²) in [5.41, 5.74) is 0. The Bertz CT molecular complexity index is 870. The molecule has 0 saturated carbocycles. The first-order valence-corrected chi connectivity index (χ1v) is 24.7. The standard InChI is InChI=1S/C50H94O6/c1-4-7-10-13-16-18-19-20-21-22-23-24-25-26-27-28-29-30-31-32-35-37-40-43-49(52)55-46-47(45-54-48(51)42-39-36-33-15-12-9-6-3)56-50(53)44-41-38-34-17-14-11-8-5-2/h22-23,47H,4-21,24-46H2,1-3H3/b23-22-. The molecule has 0 aromatic rings. The number of ether oxygens (including phenoxy) is 3. The SMILES string of the molecule is CCCCCCCCCC/C=C\CCCCCCCCCCCCCC(=O)OCC(COC(=O)CCCCCCCCC)OC(=O)CCCCCCCCCC. The highest BCUT2D eigenvalue weighted by molar-refractivity contribution is 5.71. The lowest BCUT2D eigenvalue weighted by Gasteiger charge is -2.18. The molecule has 0 aliphatic carbocycles. The number of rotatable bonds is 45. The fourth-order valence-corrected chi connectivity index (χ4v) is 7.26. The smallest absolute Gasteiger partial charge is 0.306 e. The Hall–Kier alpha value is -1.85. The van der Waals surface area contributed by atoms with Crippen LogP contribution < -0.4 is 0 Å². The number of allylic oxidation sites excluding steroid dienone is 2. The number of carbonyl (C=O) groups excluding carboxylic acids is 3. The summed E-state index contributed by atoms with van der Waals surface area (Å²) in [6, 6.07) is 0. The molecule has 0 heterocycles. The maximum absolute atomic E-state index is 12.6. The van der Waals surface area contributed by atoms with Gasteiger partial charge in [-0.05, 0) is 44.9 Å². The van der Waals surface area contributed by atoms with E-state index >= 15 is 0 Å². The highest BCUT2D eigenvalue weighted by Gasteiger charge is 2.19. The monoisotopic (exact) mass is 791 g/mol.